The van der Waals surface area contributed by atoms with Crippen LogP contribution in [0, 0.1) is 35.1 Å². The Balaban J connectivity index is 0.705. The molecule has 0 bridgehead atoms. The number of urea groups is 1. The molecule has 5 aromatic carbocycles. The van der Waals surface area contributed by atoms with Crippen molar-refractivity contribution in [3.8, 4) is 28.4 Å². The third-order valence-corrected chi connectivity index (χ3v) is 17.8. The number of likely N-dealkylation sites (tertiary alicyclic amines) is 2. The largest absolute Gasteiger partial charge is 0.480 e. The van der Waals surface area contributed by atoms with Gasteiger partial charge in [-0.2, -0.15) is 5.10 Å². The molecule has 1 aliphatic carbocycles. The van der Waals surface area contributed by atoms with Gasteiger partial charge < -0.3 is 30.3 Å². The maximum Gasteiger partial charge on any atom is 0.329 e. The second kappa shape index (κ2) is 22.1. The summed E-state index contributed by atoms with van der Waals surface area (Å²) < 4.78 is 79.3. The normalized spacial score (nSPS) is 22.3. The summed E-state index contributed by atoms with van der Waals surface area (Å²) >= 11 is 13.2. The summed E-state index contributed by atoms with van der Waals surface area (Å²) in [6.07, 6.45) is 5.81. The molecule has 79 heavy (non-hydrogen) atoms. The van der Waals surface area contributed by atoms with Crippen molar-refractivity contribution in [2.75, 3.05) is 50.7 Å². The number of para-hydroxylation sites is 1. The number of imide groups is 1. The van der Waals surface area contributed by atoms with Crippen molar-refractivity contribution in [2.45, 2.75) is 88.2 Å². The quantitative estimate of drug-likeness (QED) is 0.0955. The molecule has 3 saturated heterocycles. The first-order valence-electron chi connectivity index (χ1n) is 27.0. The van der Waals surface area contributed by atoms with Crippen molar-refractivity contribution in [1.82, 2.24) is 30.2 Å². The Morgan fingerprint density at radius 1 is 0.823 bits per heavy atom. The highest BCUT2D eigenvalue weighted by Gasteiger charge is 2.50. The fourth-order valence-electron chi connectivity index (χ4n) is 12.8. The van der Waals surface area contributed by atoms with Crippen molar-refractivity contribution < 1.29 is 46.2 Å². The van der Waals surface area contributed by atoms with E-state index in [0.29, 0.717) is 63.3 Å². The standard InChI is InChI=1S/C59H60Cl2F4N8O6/c1-32-47-45(29-42(63)51(61)50(47)49-38(55(66)75)16-17-44(52(49)64)78-43-11-7-6-10-40(43)60)79-59(32,36-8-4-3-5-9-36)31-67-37-14-12-35(13-15-37)57(76)72-25-18-33(19-26-72)30-71-23-20-34(21-24-71)48-41(62)28-39-54(53(48)65)70(2)69-56(39)73-27-22-46(74)68-58(73)77/h3-11,16-17,28-29,32-35,37,67H,12-15,18-27,30-31H2,1-2H3,(H2,66,75)(H,68,74,77)/t32-,35?,37?,59-/m0/s1. The van der Waals surface area contributed by atoms with Gasteiger partial charge in [-0.05, 0) is 112 Å². The van der Waals surface area contributed by atoms with Crippen LogP contribution < -0.4 is 30.7 Å². The van der Waals surface area contributed by atoms with Gasteiger partial charge in [0.2, 0.25) is 17.7 Å². The van der Waals surface area contributed by atoms with Gasteiger partial charge in [-0.3, -0.25) is 29.3 Å². The van der Waals surface area contributed by atoms with Gasteiger partial charge in [-0.15, -0.1) is 0 Å². The van der Waals surface area contributed by atoms with Crippen LogP contribution in [0.2, 0.25) is 10.0 Å². The van der Waals surface area contributed by atoms with E-state index in [1.165, 1.54) is 33.8 Å². The molecule has 414 valence electrons. The maximum absolute atomic E-state index is 17.0. The lowest BCUT2D eigenvalue weighted by Gasteiger charge is -2.40. The number of primary amides is 1. The smallest absolute Gasteiger partial charge is 0.329 e. The summed E-state index contributed by atoms with van der Waals surface area (Å²) in [4.78, 5) is 57.0. The average molecular weight is 1120 g/mol. The van der Waals surface area contributed by atoms with Gasteiger partial charge in [-0.1, -0.05) is 72.6 Å². The molecule has 5 heterocycles. The maximum atomic E-state index is 17.0. The van der Waals surface area contributed by atoms with E-state index < -0.39 is 57.7 Å². The molecule has 1 saturated carbocycles. The summed E-state index contributed by atoms with van der Waals surface area (Å²) in [6.45, 7) is 5.79. The van der Waals surface area contributed by atoms with E-state index in [1.54, 1.807) is 31.3 Å². The molecule has 0 unspecified atom stereocenters. The number of amides is 5. The molecule has 4 aliphatic heterocycles. The molecule has 4 fully saturated rings. The minimum atomic E-state index is -1.14. The van der Waals surface area contributed by atoms with E-state index in [0.717, 1.165) is 37.8 Å². The number of piperidine rings is 2. The van der Waals surface area contributed by atoms with Gasteiger partial charge in [0.15, 0.2) is 28.8 Å². The molecule has 2 atom stereocenters. The number of hydrogen-bond donors (Lipinski definition) is 3. The molecule has 5 amide bonds. The third kappa shape index (κ3) is 10.2. The topological polar surface area (TPSA) is 164 Å². The molecule has 11 rings (SSSR count). The predicted octanol–water partition coefficient (Wildman–Crippen LogP) is 11.1. The Bertz CT molecular complexity index is 3380. The third-order valence-electron chi connectivity index (χ3n) is 17.1. The SMILES string of the molecule is C[C@H]1c2c(cc(F)c(Cl)c2-c2c(C(N)=O)ccc(Oc3ccccc3Cl)c2F)O[C@]1(CNC1CCC(C(=O)N2CCC(CN3CCC(c4c(F)cc5c(N6CCC(=O)NC6=O)nn(C)c5c4F)CC3)CC2)CC1)c1ccccc1. The first-order valence-corrected chi connectivity index (χ1v) is 27.8. The first-order chi connectivity index (χ1) is 38.0. The summed E-state index contributed by atoms with van der Waals surface area (Å²) in [5, 5.41) is 10.3. The van der Waals surface area contributed by atoms with Crippen LogP contribution in [0.15, 0.2) is 78.9 Å². The number of aromatic nitrogens is 2. The number of halogens is 6. The van der Waals surface area contributed by atoms with Crippen LogP contribution in [0.25, 0.3) is 22.0 Å². The van der Waals surface area contributed by atoms with E-state index in [2.05, 4.69) is 20.6 Å². The number of nitrogens with one attached hydrogen (secondary N) is 2. The molecular formula is C59H60Cl2F4N8O6. The first kappa shape index (κ1) is 54.2. The second-order valence-corrected chi connectivity index (χ2v) is 22.5. The van der Waals surface area contributed by atoms with Crippen LogP contribution >= 0.6 is 23.2 Å². The molecule has 6 aromatic rings. The Labute approximate surface area is 464 Å². The minimum absolute atomic E-state index is 0.0263. The van der Waals surface area contributed by atoms with Gasteiger partial charge in [0.25, 0.3) is 0 Å². The van der Waals surface area contributed by atoms with Crippen LogP contribution in [0.1, 0.15) is 104 Å². The molecule has 0 radical (unpaired) electrons. The van der Waals surface area contributed by atoms with Crippen molar-refractivity contribution in [3.05, 3.63) is 134 Å². The number of rotatable bonds is 13. The number of carbonyl (C=O) groups is 4. The van der Waals surface area contributed by atoms with Crippen LogP contribution in [-0.2, 0) is 22.2 Å². The number of fused-ring (bicyclic) bond motifs is 2. The molecule has 14 nitrogen and oxygen atoms in total. The second-order valence-electron chi connectivity index (χ2n) is 21.7. The molecule has 4 N–H and O–H groups in total. The van der Waals surface area contributed by atoms with Crippen LogP contribution in [0.5, 0.6) is 17.2 Å². The highest BCUT2D eigenvalue weighted by molar-refractivity contribution is 6.34. The van der Waals surface area contributed by atoms with Crippen molar-refractivity contribution >= 4 is 63.7 Å². The molecular weight excluding hydrogens is 1060 g/mol. The highest BCUT2D eigenvalue weighted by Crippen LogP contribution is 2.57. The lowest BCUT2D eigenvalue weighted by molar-refractivity contribution is -0.138. The lowest BCUT2D eigenvalue weighted by atomic mass is 9.77. The number of nitrogens with zero attached hydrogens (tertiary/aromatic N) is 5. The fraction of sp³-hybridized carbons (Fsp3) is 0.407. The Morgan fingerprint density at radius 3 is 2.23 bits per heavy atom. The van der Waals surface area contributed by atoms with Crippen molar-refractivity contribution in [2.24, 2.45) is 24.6 Å². The van der Waals surface area contributed by atoms with Crippen LogP contribution in [0.3, 0.4) is 0 Å². The predicted molar refractivity (Wildman–Crippen MR) is 292 cm³/mol. The van der Waals surface area contributed by atoms with Gasteiger partial charge in [0.1, 0.15) is 28.7 Å². The highest BCUT2D eigenvalue weighted by atomic mass is 35.5. The Morgan fingerprint density at radius 2 is 1.53 bits per heavy atom. The Hall–Kier alpha value is -6.73. The Kier molecular flexibility index (Phi) is 15.2. The number of hydrogen-bond acceptors (Lipinski definition) is 9. The summed E-state index contributed by atoms with van der Waals surface area (Å²) in [7, 11) is 1.56. The number of benzene rings is 5. The number of nitrogens with two attached hydrogens (primary N) is 1. The molecule has 0 spiro atoms. The van der Waals surface area contributed by atoms with E-state index in [4.69, 9.17) is 38.4 Å². The van der Waals surface area contributed by atoms with Crippen molar-refractivity contribution in [3.63, 3.8) is 0 Å². The number of ether oxygens (including phenoxy) is 2. The fourth-order valence-corrected chi connectivity index (χ4v) is 13.3. The van der Waals surface area contributed by atoms with E-state index in [1.807, 2.05) is 42.2 Å². The summed E-state index contributed by atoms with van der Waals surface area (Å²) in [5.41, 5.74) is 5.41. The number of carbonyl (C=O) groups excluding carboxylic acids is 4. The van der Waals surface area contributed by atoms with Gasteiger partial charge in [-0.25, -0.2) is 22.4 Å². The zero-order valence-corrected chi connectivity index (χ0v) is 45.2. The van der Waals surface area contributed by atoms with E-state index >= 15 is 17.6 Å². The van der Waals surface area contributed by atoms with Gasteiger partial charge >= 0.3 is 6.03 Å². The molecule has 1 aromatic heterocycles. The molecule has 5 aliphatic rings. The number of anilines is 1. The average Bonchev–Trinajstić information content (AvgIpc) is 3.85. The van der Waals surface area contributed by atoms with Gasteiger partial charge in [0.05, 0.1) is 21.0 Å². The monoisotopic (exact) mass is 1120 g/mol. The van der Waals surface area contributed by atoms with Gasteiger partial charge in [0, 0.05) is 92.4 Å². The van der Waals surface area contributed by atoms with Crippen LogP contribution in [0.4, 0.5) is 28.2 Å². The minimum Gasteiger partial charge on any atom is -0.480 e. The zero-order chi connectivity index (χ0) is 55.4. The summed E-state index contributed by atoms with van der Waals surface area (Å²) in [6, 6.07) is 20.4. The van der Waals surface area contributed by atoms with E-state index in [9.17, 15) is 19.2 Å². The van der Waals surface area contributed by atoms with E-state index in [-0.39, 0.29) is 105 Å². The number of aryl methyl sites for hydroxylation is 1. The molecule has 20 heteroatoms. The van der Waals surface area contributed by atoms with Crippen molar-refractivity contribution in [1.29, 1.82) is 0 Å². The summed E-state index contributed by atoms with van der Waals surface area (Å²) in [5.74, 6) is -4.94. The zero-order valence-electron chi connectivity index (χ0n) is 43.7. The van der Waals surface area contributed by atoms with Crippen LogP contribution in [-0.4, -0.2) is 95.2 Å². The lowest BCUT2D eigenvalue weighted by Crippen LogP contribution is -2.49.